The summed E-state index contributed by atoms with van der Waals surface area (Å²) >= 11 is 1.68. The Kier molecular flexibility index (Phi) is 3.98. The zero-order valence-corrected chi connectivity index (χ0v) is 14.1. The van der Waals surface area contributed by atoms with Crippen molar-refractivity contribution in [3.63, 3.8) is 0 Å². The van der Waals surface area contributed by atoms with Crippen molar-refractivity contribution in [3.8, 4) is 0 Å². The number of amides is 3. The number of carbonyl (C=O) groups excluding carboxylic acids is 2. The first-order chi connectivity index (χ1) is 11.7. The largest absolute Gasteiger partial charge is 0.326 e. The highest BCUT2D eigenvalue weighted by Crippen LogP contribution is 2.31. The Hall–Kier alpha value is -2.34. The van der Waals surface area contributed by atoms with Gasteiger partial charge in [0.1, 0.15) is 0 Å². The first-order valence-corrected chi connectivity index (χ1v) is 9.10. The van der Waals surface area contributed by atoms with E-state index in [1.54, 1.807) is 11.3 Å². The Balaban J connectivity index is 1.47. The van der Waals surface area contributed by atoms with E-state index in [4.69, 9.17) is 0 Å². The zero-order chi connectivity index (χ0) is 16.5. The molecule has 1 aliphatic heterocycles. The maximum absolute atomic E-state index is 12.7. The lowest BCUT2D eigenvalue weighted by molar-refractivity contribution is -0.116. The number of aryl methyl sites for hydroxylation is 1. The number of hydrogen-bond donors (Lipinski definition) is 2. The van der Waals surface area contributed by atoms with Gasteiger partial charge in [-0.3, -0.25) is 4.79 Å². The summed E-state index contributed by atoms with van der Waals surface area (Å²) in [7, 11) is 0. The van der Waals surface area contributed by atoms with Crippen LogP contribution in [0.4, 0.5) is 16.2 Å². The number of nitrogens with one attached hydrogen (secondary N) is 2. The van der Waals surface area contributed by atoms with Gasteiger partial charge in [0.2, 0.25) is 5.91 Å². The second-order valence-electron chi connectivity index (χ2n) is 6.29. The Labute approximate surface area is 144 Å². The fourth-order valence-electron chi connectivity index (χ4n) is 2.98. The first kappa shape index (κ1) is 15.2. The van der Waals surface area contributed by atoms with Crippen molar-refractivity contribution in [3.05, 3.63) is 46.2 Å². The summed E-state index contributed by atoms with van der Waals surface area (Å²) in [5.74, 6) is 0.0511. The number of urea groups is 1. The van der Waals surface area contributed by atoms with Crippen LogP contribution < -0.4 is 10.6 Å². The van der Waals surface area contributed by atoms with Crippen molar-refractivity contribution in [2.75, 3.05) is 10.6 Å². The third-order valence-corrected chi connectivity index (χ3v) is 5.27. The molecule has 2 aromatic rings. The molecule has 0 bridgehead atoms. The van der Waals surface area contributed by atoms with Crippen molar-refractivity contribution in [1.82, 2.24) is 4.90 Å². The number of fused-ring (bicyclic) bond motifs is 1. The molecular formula is C18H19N3O2S. The Morgan fingerprint density at radius 3 is 2.92 bits per heavy atom. The van der Waals surface area contributed by atoms with E-state index in [1.165, 1.54) is 4.88 Å². The molecule has 1 aromatic heterocycles. The highest BCUT2D eigenvalue weighted by molar-refractivity contribution is 7.09. The van der Waals surface area contributed by atoms with Gasteiger partial charge in [-0.1, -0.05) is 6.07 Å². The highest BCUT2D eigenvalue weighted by atomic mass is 32.1. The predicted molar refractivity (Wildman–Crippen MR) is 95.3 cm³/mol. The molecule has 0 atom stereocenters. The van der Waals surface area contributed by atoms with Gasteiger partial charge in [-0.2, -0.15) is 0 Å². The Bertz CT molecular complexity index is 769. The average molecular weight is 341 g/mol. The van der Waals surface area contributed by atoms with Gasteiger partial charge >= 0.3 is 6.03 Å². The van der Waals surface area contributed by atoms with Crippen LogP contribution in [-0.2, 0) is 17.8 Å². The Morgan fingerprint density at radius 2 is 2.17 bits per heavy atom. The van der Waals surface area contributed by atoms with Crippen molar-refractivity contribution in [1.29, 1.82) is 0 Å². The number of rotatable bonds is 4. The number of anilines is 2. The maximum Gasteiger partial charge on any atom is 0.322 e. The quantitative estimate of drug-likeness (QED) is 0.888. The number of carbonyl (C=O) groups is 2. The SMILES string of the molecule is O=C1CCc2cc(NC(=O)N(Cc3cccs3)C3CC3)ccc2N1. The minimum atomic E-state index is -0.0503. The second kappa shape index (κ2) is 6.28. The van der Waals surface area contributed by atoms with Gasteiger partial charge < -0.3 is 15.5 Å². The molecular weight excluding hydrogens is 322 g/mol. The molecule has 24 heavy (non-hydrogen) atoms. The van der Waals surface area contributed by atoms with Crippen LogP contribution in [0.5, 0.6) is 0 Å². The molecule has 0 unspecified atom stereocenters. The van der Waals surface area contributed by atoms with E-state index >= 15 is 0 Å². The number of hydrogen-bond acceptors (Lipinski definition) is 3. The minimum Gasteiger partial charge on any atom is -0.326 e. The van der Waals surface area contributed by atoms with Gasteiger partial charge in [-0.05, 0) is 54.5 Å². The summed E-state index contributed by atoms with van der Waals surface area (Å²) in [5.41, 5.74) is 2.71. The zero-order valence-electron chi connectivity index (χ0n) is 13.2. The predicted octanol–water partition coefficient (Wildman–Crippen LogP) is 3.83. The van der Waals surface area contributed by atoms with Gasteiger partial charge in [-0.15, -0.1) is 11.3 Å². The lowest BCUT2D eigenvalue weighted by Crippen LogP contribution is -2.36. The molecule has 1 aromatic carbocycles. The molecule has 2 heterocycles. The standard InChI is InChI=1S/C18H19N3O2S/c22-17-8-3-12-10-13(4-7-16(12)20-17)19-18(23)21(14-5-6-14)11-15-2-1-9-24-15/h1-2,4,7,9-10,14H,3,5-6,8,11H2,(H,19,23)(H,20,22). The van der Waals surface area contributed by atoms with Crippen LogP contribution in [0.25, 0.3) is 0 Å². The summed E-state index contributed by atoms with van der Waals surface area (Å²) in [6.45, 7) is 0.662. The molecule has 5 nitrogen and oxygen atoms in total. The van der Waals surface area contributed by atoms with Gasteiger partial charge in [0.05, 0.1) is 6.54 Å². The Morgan fingerprint density at radius 1 is 1.29 bits per heavy atom. The molecule has 1 fully saturated rings. The van der Waals surface area contributed by atoms with Crippen LogP contribution >= 0.6 is 11.3 Å². The second-order valence-corrected chi connectivity index (χ2v) is 7.32. The van der Waals surface area contributed by atoms with Crippen LogP contribution in [0.1, 0.15) is 29.7 Å². The lowest BCUT2D eigenvalue weighted by atomic mass is 10.0. The smallest absolute Gasteiger partial charge is 0.322 e. The van der Waals surface area contributed by atoms with Crippen LogP contribution in [0.2, 0.25) is 0 Å². The van der Waals surface area contributed by atoms with E-state index in [1.807, 2.05) is 34.5 Å². The molecule has 124 valence electrons. The van der Waals surface area contributed by atoms with E-state index in [0.717, 1.165) is 29.8 Å². The molecule has 3 amide bonds. The van der Waals surface area contributed by atoms with E-state index in [2.05, 4.69) is 16.7 Å². The monoisotopic (exact) mass is 341 g/mol. The molecule has 0 spiro atoms. The average Bonchev–Trinajstić information content (AvgIpc) is 3.28. The number of benzene rings is 1. The highest BCUT2D eigenvalue weighted by Gasteiger charge is 2.33. The normalized spacial score (nSPS) is 16.2. The lowest BCUT2D eigenvalue weighted by Gasteiger charge is -2.23. The van der Waals surface area contributed by atoms with E-state index < -0.39 is 0 Å². The summed E-state index contributed by atoms with van der Waals surface area (Å²) in [4.78, 5) is 27.2. The molecule has 0 radical (unpaired) electrons. The molecule has 1 saturated carbocycles. The molecule has 4 rings (SSSR count). The van der Waals surface area contributed by atoms with Gasteiger partial charge in [0, 0.05) is 28.7 Å². The minimum absolute atomic E-state index is 0.0503. The van der Waals surface area contributed by atoms with E-state index in [-0.39, 0.29) is 11.9 Å². The van der Waals surface area contributed by atoms with Crippen LogP contribution in [0, 0.1) is 0 Å². The molecule has 0 saturated heterocycles. The number of nitrogens with zero attached hydrogens (tertiary/aromatic N) is 1. The van der Waals surface area contributed by atoms with Gasteiger partial charge in [0.25, 0.3) is 0 Å². The topological polar surface area (TPSA) is 61.4 Å². The molecule has 2 aliphatic rings. The maximum atomic E-state index is 12.7. The van der Waals surface area contributed by atoms with Gasteiger partial charge in [0.15, 0.2) is 0 Å². The fraction of sp³-hybridized carbons (Fsp3) is 0.333. The van der Waals surface area contributed by atoms with Crippen molar-refractivity contribution >= 4 is 34.6 Å². The van der Waals surface area contributed by atoms with Crippen LogP contribution in [0.3, 0.4) is 0 Å². The van der Waals surface area contributed by atoms with Crippen molar-refractivity contribution in [2.24, 2.45) is 0 Å². The van der Waals surface area contributed by atoms with Gasteiger partial charge in [-0.25, -0.2) is 4.79 Å². The summed E-state index contributed by atoms with van der Waals surface area (Å²) in [5, 5.41) is 7.91. The fourth-order valence-corrected chi connectivity index (χ4v) is 3.68. The summed E-state index contributed by atoms with van der Waals surface area (Å²) in [6.07, 6.45) is 3.37. The number of thiophene rings is 1. The van der Waals surface area contributed by atoms with Crippen molar-refractivity contribution in [2.45, 2.75) is 38.3 Å². The van der Waals surface area contributed by atoms with Crippen LogP contribution in [-0.4, -0.2) is 22.9 Å². The molecule has 1 aliphatic carbocycles. The van der Waals surface area contributed by atoms with Crippen LogP contribution in [0.15, 0.2) is 35.7 Å². The van der Waals surface area contributed by atoms with Crippen molar-refractivity contribution < 1.29 is 9.59 Å². The van der Waals surface area contributed by atoms with E-state index in [0.29, 0.717) is 25.4 Å². The third-order valence-electron chi connectivity index (χ3n) is 4.41. The van der Waals surface area contributed by atoms with E-state index in [9.17, 15) is 9.59 Å². The summed E-state index contributed by atoms with van der Waals surface area (Å²) < 4.78 is 0. The summed E-state index contributed by atoms with van der Waals surface area (Å²) in [6, 6.07) is 10.1. The molecule has 6 heteroatoms. The third kappa shape index (κ3) is 3.28. The first-order valence-electron chi connectivity index (χ1n) is 8.22. The molecule has 2 N–H and O–H groups in total.